The third kappa shape index (κ3) is 2.59. The summed E-state index contributed by atoms with van der Waals surface area (Å²) in [7, 11) is 0. The van der Waals surface area contributed by atoms with E-state index >= 15 is 0 Å². The average Bonchev–Trinajstić information content (AvgIpc) is 2.42. The molecule has 0 fully saturated rings. The van der Waals surface area contributed by atoms with Crippen LogP contribution in [0, 0.1) is 6.92 Å². The highest BCUT2D eigenvalue weighted by atomic mass is 16.3. The minimum atomic E-state index is -0.261. The van der Waals surface area contributed by atoms with Gasteiger partial charge < -0.3 is 15.7 Å². The van der Waals surface area contributed by atoms with E-state index in [0.29, 0.717) is 6.54 Å². The number of phenolic OH excluding ortho intramolecular Hbond substituents is 1. The van der Waals surface area contributed by atoms with Gasteiger partial charge in [-0.3, -0.25) is 4.79 Å². The van der Waals surface area contributed by atoms with Crippen LogP contribution < -0.4 is 10.6 Å². The topological polar surface area (TPSA) is 66.6 Å². The van der Waals surface area contributed by atoms with E-state index in [1.54, 1.807) is 23.1 Å². The molecule has 0 heterocycles. The summed E-state index contributed by atoms with van der Waals surface area (Å²) >= 11 is 0. The van der Waals surface area contributed by atoms with E-state index in [1.807, 2.05) is 38.1 Å². The number of rotatable bonds is 3. The Hall–Kier alpha value is -2.49. The van der Waals surface area contributed by atoms with Crippen LogP contribution in [0.25, 0.3) is 0 Å². The molecule has 3 N–H and O–H groups in total. The van der Waals surface area contributed by atoms with Crippen LogP contribution in [0.2, 0.25) is 0 Å². The van der Waals surface area contributed by atoms with Crippen LogP contribution in [0.15, 0.2) is 42.5 Å². The summed E-state index contributed by atoms with van der Waals surface area (Å²) in [5, 5.41) is 9.94. The van der Waals surface area contributed by atoms with Gasteiger partial charge in [0.25, 0.3) is 5.91 Å². The molecule has 0 saturated heterocycles. The Labute approximate surface area is 118 Å². The average molecular weight is 270 g/mol. The molecule has 0 aromatic heterocycles. The number of benzene rings is 2. The second kappa shape index (κ2) is 5.65. The monoisotopic (exact) mass is 270 g/mol. The number of hydrogen-bond acceptors (Lipinski definition) is 3. The maximum Gasteiger partial charge on any atom is 0.262 e. The zero-order valence-electron chi connectivity index (χ0n) is 11.6. The van der Waals surface area contributed by atoms with Crippen LogP contribution in [-0.4, -0.2) is 17.6 Å². The summed E-state index contributed by atoms with van der Waals surface area (Å²) in [6.07, 6.45) is 0. The highest BCUT2D eigenvalue weighted by Gasteiger charge is 2.20. The van der Waals surface area contributed by atoms with Gasteiger partial charge in [-0.2, -0.15) is 0 Å². The van der Waals surface area contributed by atoms with Gasteiger partial charge in [-0.25, -0.2) is 0 Å². The van der Waals surface area contributed by atoms with Crippen molar-refractivity contribution in [1.82, 2.24) is 0 Å². The third-order valence-electron chi connectivity index (χ3n) is 3.17. The van der Waals surface area contributed by atoms with E-state index < -0.39 is 0 Å². The van der Waals surface area contributed by atoms with Gasteiger partial charge in [0, 0.05) is 12.2 Å². The van der Waals surface area contributed by atoms with Crippen molar-refractivity contribution < 1.29 is 9.90 Å². The number of phenols is 1. The van der Waals surface area contributed by atoms with Crippen molar-refractivity contribution in [2.75, 3.05) is 17.2 Å². The Morgan fingerprint density at radius 2 is 1.95 bits per heavy atom. The fraction of sp³-hybridized carbons (Fsp3) is 0.188. The number of aromatic hydroxyl groups is 1. The molecule has 0 aliphatic rings. The third-order valence-corrected chi connectivity index (χ3v) is 3.17. The van der Waals surface area contributed by atoms with Gasteiger partial charge in [-0.1, -0.05) is 18.2 Å². The molecule has 0 bridgehead atoms. The normalized spacial score (nSPS) is 10.3. The lowest BCUT2D eigenvalue weighted by Crippen LogP contribution is -2.30. The fourth-order valence-corrected chi connectivity index (χ4v) is 2.12. The Morgan fingerprint density at radius 1 is 1.25 bits per heavy atom. The second-order valence-corrected chi connectivity index (χ2v) is 4.63. The fourth-order valence-electron chi connectivity index (χ4n) is 2.12. The lowest BCUT2D eigenvalue weighted by Gasteiger charge is -2.22. The van der Waals surface area contributed by atoms with Gasteiger partial charge in [-0.05, 0) is 43.7 Å². The van der Waals surface area contributed by atoms with Crippen LogP contribution in [0.5, 0.6) is 5.75 Å². The van der Waals surface area contributed by atoms with E-state index in [1.165, 1.54) is 0 Å². The van der Waals surface area contributed by atoms with Gasteiger partial charge in [0.2, 0.25) is 0 Å². The van der Waals surface area contributed by atoms with Gasteiger partial charge in [-0.15, -0.1) is 0 Å². The minimum absolute atomic E-state index is 0.163. The number of anilines is 2. The van der Waals surface area contributed by atoms with Crippen molar-refractivity contribution in [2.24, 2.45) is 0 Å². The van der Waals surface area contributed by atoms with Crippen LogP contribution in [-0.2, 0) is 0 Å². The number of aryl methyl sites for hydroxylation is 1. The number of hydrogen-bond donors (Lipinski definition) is 2. The van der Waals surface area contributed by atoms with Gasteiger partial charge >= 0.3 is 0 Å². The lowest BCUT2D eigenvalue weighted by molar-refractivity contribution is 0.0986. The highest BCUT2D eigenvalue weighted by Crippen LogP contribution is 2.27. The molecular formula is C16H18N2O2. The number of nitrogen functional groups attached to an aromatic ring is 1. The molecule has 2 aromatic carbocycles. The highest BCUT2D eigenvalue weighted by molar-refractivity contribution is 6.08. The summed E-state index contributed by atoms with van der Waals surface area (Å²) in [6.45, 7) is 4.37. The molecule has 0 atom stereocenters. The molecule has 1 amide bonds. The number of carbonyl (C=O) groups excluding carboxylic acids is 1. The number of nitrogens with zero attached hydrogens (tertiary/aromatic N) is 1. The molecule has 0 spiro atoms. The molecule has 0 aliphatic heterocycles. The van der Waals surface area contributed by atoms with Crippen molar-refractivity contribution in [3.8, 4) is 5.75 Å². The Kier molecular flexibility index (Phi) is 3.94. The van der Waals surface area contributed by atoms with E-state index in [-0.39, 0.29) is 22.9 Å². The molecular weight excluding hydrogens is 252 g/mol. The van der Waals surface area contributed by atoms with Crippen LogP contribution in [0.3, 0.4) is 0 Å². The Balaban J connectivity index is 2.42. The quantitative estimate of drug-likeness (QED) is 0.665. The predicted octanol–water partition coefficient (Wildman–Crippen LogP) is 2.95. The first-order chi connectivity index (χ1) is 9.54. The molecule has 0 saturated carbocycles. The van der Waals surface area contributed by atoms with Crippen molar-refractivity contribution in [1.29, 1.82) is 0 Å². The second-order valence-electron chi connectivity index (χ2n) is 4.63. The van der Waals surface area contributed by atoms with Gasteiger partial charge in [0.1, 0.15) is 0 Å². The van der Waals surface area contributed by atoms with Crippen molar-refractivity contribution in [3.05, 3.63) is 53.6 Å². The molecule has 0 radical (unpaired) electrons. The summed E-state index contributed by atoms with van der Waals surface area (Å²) in [4.78, 5) is 14.2. The zero-order valence-corrected chi connectivity index (χ0v) is 11.6. The number of para-hydroxylation sites is 1. The van der Waals surface area contributed by atoms with E-state index in [0.717, 1.165) is 11.3 Å². The lowest BCUT2D eigenvalue weighted by atomic mass is 10.1. The number of amides is 1. The first kappa shape index (κ1) is 13.9. The maximum atomic E-state index is 12.6. The predicted molar refractivity (Wildman–Crippen MR) is 81.0 cm³/mol. The van der Waals surface area contributed by atoms with E-state index in [2.05, 4.69) is 0 Å². The summed E-state index contributed by atoms with van der Waals surface area (Å²) in [6, 6.07) is 12.5. The van der Waals surface area contributed by atoms with E-state index in [4.69, 9.17) is 5.73 Å². The SMILES string of the molecule is CCN(C(=O)c1cccc(N)c1O)c1cccc(C)c1. The molecule has 4 nitrogen and oxygen atoms in total. The molecule has 0 aliphatic carbocycles. The molecule has 20 heavy (non-hydrogen) atoms. The molecule has 0 unspecified atom stereocenters. The van der Waals surface area contributed by atoms with E-state index in [9.17, 15) is 9.90 Å². The Bertz CT molecular complexity index is 638. The maximum absolute atomic E-state index is 12.6. The van der Waals surface area contributed by atoms with Crippen molar-refractivity contribution >= 4 is 17.3 Å². The first-order valence-electron chi connectivity index (χ1n) is 6.50. The van der Waals surface area contributed by atoms with Crippen LogP contribution >= 0.6 is 0 Å². The van der Waals surface area contributed by atoms with Crippen molar-refractivity contribution in [2.45, 2.75) is 13.8 Å². The molecule has 2 aromatic rings. The minimum Gasteiger partial charge on any atom is -0.505 e. The van der Waals surface area contributed by atoms with Crippen LogP contribution in [0.4, 0.5) is 11.4 Å². The molecule has 2 rings (SSSR count). The van der Waals surface area contributed by atoms with Gasteiger partial charge in [0.05, 0.1) is 11.3 Å². The summed E-state index contributed by atoms with van der Waals surface area (Å²) in [5.74, 6) is -0.425. The largest absolute Gasteiger partial charge is 0.505 e. The van der Waals surface area contributed by atoms with Crippen molar-refractivity contribution in [3.63, 3.8) is 0 Å². The number of carbonyl (C=O) groups is 1. The first-order valence-corrected chi connectivity index (χ1v) is 6.50. The number of nitrogens with two attached hydrogens (primary N) is 1. The smallest absolute Gasteiger partial charge is 0.262 e. The molecule has 104 valence electrons. The Morgan fingerprint density at radius 3 is 2.60 bits per heavy atom. The zero-order chi connectivity index (χ0) is 14.7. The summed E-state index contributed by atoms with van der Waals surface area (Å²) < 4.78 is 0. The van der Waals surface area contributed by atoms with Crippen LogP contribution in [0.1, 0.15) is 22.8 Å². The van der Waals surface area contributed by atoms with Gasteiger partial charge in [0.15, 0.2) is 5.75 Å². The summed E-state index contributed by atoms with van der Waals surface area (Å²) in [5.41, 5.74) is 7.94. The molecule has 4 heteroatoms. The standard InChI is InChI=1S/C16H18N2O2/c1-3-18(12-7-4-6-11(2)10-12)16(20)13-8-5-9-14(17)15(13)19/h4-10,19H,3,17H2,1-2H3.